The lowest BCUT2D eigenvalue weighted by molar-refractivity contribution is 0.0698. The predicted molar refractivity (Wildman–Crippen MR) is 67.6 cm³/mol. The van der Waals surface area contributed by atoms with Gasteiger partial charge in [-0.05, 0) is 19.1 Å². The van der Waals surface area contributed by atoms with Crippen LogP contribution in [-0.4, -0.2) is 22.1 Å². The number of anilines is 1. The molecule has 0 unspecified atom stereocenters. The molecule has 1 heterocycles. The fourth-order valence-electron chi connectivity index (χ4n) is 1.53. The van der Waals surface area contributed by atoms with E-state index >= 15 is 0 Å². The Morgan fingerprint density at radius 3 is 2.74 bits per heavy atom. The molecule has 6 nitrogen and oxygen atoms in total. The van der Waals surface area contributed by atoms with Gasteiger partial charge in [0.05, 0.1) is 16.9 Å². The summed E-state index contributed by atoms with van der Waals surface area (Å²) in [6.45, 7) is 1.65. The lowest BCUT2D eigenvalue weighted by Gasteiger charge is -2.08. The molecule has 0 radical (unpaired) electrons. The first-order valence-electron chi connectivity index (χ1n) is 5.25. The third kappa shape index (κ3) is 2.58. The molecule has 0 aliphatic heterocycles. The largest absolute Gasteiger partial charge is 0.478 e. The molecule has 1 amide bonds. The Kier molecular flexibility index (Phi) is 3.52. The third-order valence-electron chi connectivity index (χ3n) is 2.43. The average Bonchev–Trinajstić information content (AvgIpc) is 2.75. The third-order valence-corrected chi connectivity index (χ3v) is 2.75. The summed E-state index contributed by atoms with van der Waals surface area (Å²) in [7, 11) is 0. The van der Waals surface area contributed by atoms with Crippen molar-refractivity contribution in [1.82, 2.24) is 5.16 Å². The molecule has 1 aromatic heterocycles. The lowest BCUT2D eigenvalue weighted by Crippen LogP contribution is -2.15. The zero-order valence-corrected chi connectivity index (χ0v) is 10.6. The van der Waals surface area contributed by atoms with Crippen LogP contribution in [0.3, 0.4) is 0 Å². The van der Waals surface area contributed by atoms with Crippen LogP contribution >= 0.6 is 11.6 Å². The van der Waals surface area contributed by atoms with Crippen LogP contribution in [0.2, 0.25) is 5.02 Å². The molecular formula is C12H9ClN2O4. The molecule has 0 saturated carbocycles. The van der Waals surface area contributed by atoms with E-state index in [2.05, 4.69) is 10.5 Å². The number of aromatic nitrogens is 1. The van der Waals surface area contributed by atoms with Gasteiger partial charge in [-0.15, -0.1) is 0 Å². The van der Waals surface area contributed by atoms with Crippen LogP contribution in [0.15, 0.2) is 28.9 Å². The number of nitrogens with zero attached hydrogens (tertiary/aromatic N) is 1. The van der Waals surface area contributed by atoms with Crippen molar-refractivity contribution >= 4 is 29.2 Å². The zero-order valence-electron chi connectivity index (χ0n) is 9.81. The molecule has 0 fully saturated rings. The predicted octanol–water partition coefficient (Wildman–Crippen LogP) is 2.59. The van der Waals surface area contributed by atoms with E-state index in [4.69, 9.17) is 21.2 Å². The van der Waals surface area contributed by atoms with Gasteiger partial charge in [0.15, 0.2) is 0 Å². The number of carbonyl (C=O) groups excluding carboxylic acids is 1. The highest BCUT2D eigenvalue weighted by Gasteiger charge is 2.19. The van der Waals surface area contributed by atoms with Gasteiger partial charge in [0.1, 0.15) is 5.56 Å². The highest BCUT2D eigenvalue weighted by molar-refractivity contribution is 6.34. The van der Waals surface area contributed by atoms with Crippen LogP contribution in [0.1, 0.15) is 26.5 Å². The normalized spacial score (nSPS) is 10.2. The average molecular weight is 281 g/mol. The molecule has 2 rings (SSSR count). The first-order valence-corrected chi connectivity index (χ1v) is 5.63. The lowest BCUT2D eigenvalue weighted by atomic mass is 10.1. The molecule has 98 valence electrons. The fraction of sp³-hybridized carbons (Fsp3) is 0.0833. The van der Waals surface area contributed by atoms with Crippen molar-refractivity contribution in [2.24, 2.45) is 0 Å². The van der Waals surface area contributed by atoms with E-state index < -0.39 is 11.9 Å². The molecule has 7 heteroatoms. The van der Waals surface area contributed by atoms with Gasteiger partial charge in [-0.25, -0.2) is 4.79 Å². The minimum absolute atomic E-state index is 0.0244. The second-order valence-electron chi connectivity index (χ2n) is 3.76. The Hall–Kier alpha value is -2.34. The maximum absolute atomic E-state index is 11.9. The van der Waals surface area contributed by atoms with Crippen LogP contribution < -0.4 is 5.32 Å². The van der Waals surface area contributed by atoms with Gasteiger partial charge in [-0.1, -0.05) is 22.8 Å². The number of hydrogen-bond donors (Lipinski definition) is 2. The number of amides is 1. The summed E-state index contributed by atoms with van der Waals surface area (Å²) in [6.07, 6.45) is 1.39. The van der Waals surface area contributed by atoms with Gasteiger partial charge in [-0.3, -0.25) is 4.79 Å². The minimum atomic E-state index is -1.23. The van der Waals surface area contributed by atoms with Crippen molar-refractivity contribution in [2.45, 2.75) is 6.92 Å². The van der Waals surface area contributed by atoms with Crippen molar-refractivity contribution in [3.05, 3.63) is 46.3 Å². The second kappa shape index (κ2) is 5.11. The molecule has 0 spiro atoms. The number of hydrogen-bond acceptors (Lipinski definition) is 4. The number of rotatable bonds is 3. The van der Waals surface area contributed by atoms with Crippen molar-refractivity contribution in [2.75, 3.05) is 5.32 Å². The molecular weight excluding hydrogens is 272 g/mol. The van der Waals surface area contributed by atoms with Crippen molar-refractivity contribution < 1.29 is 19.2 Å². The maximum atomic E-state index is 11.9. The summed E-state index contributed by atoms with van der Waals surface area (Å²) in [4.78, 5) is 23.0. The Bertz CT molecular complexity index is 651. The van der Waals surface area contributed by atoms with E-state index in [1.807, 2.05) is 0 Å². The minimum Gasteiger partial charge on any atom is -0.478 e. The second-order valence-corrected chi connectivity index (χ2v) is 4.17. The molecule has 2 N–H and O–H groups in total. The monoisotopic (exact) mass is 280 g/mol. The summed E-state index contributed by atoms with van der Waals surface area (Å²) in [6, 6.07) is 4.41. The summed E-state index contributed by atoms with van der Waals surface area (Å²) >= 11 is 5.80. The van der Waals surface area contributed by atoms with Crippen LogP contribution in [-0.2, 0) is 0 Å². The maximum Gasteiger partial charge on any atom is 0.339 e. The number of carboxylic acids is 1. The summed E-state index contributed by atoms with van der Waals surface area (Å²) in [5.74, 6) is -1.79. The van der Waals surface area contributed by atoms with E-state index in [0.29, 0.717) is 5.56 Å². The number of nitrogens with one attached hydrogen (secondary N) is 1. The first kappa shape index (κ1) is 13.1. The Balaban J connectivity index is 2.35. The number of carboxylic acid groups (broad SMARTS) is 1. The summed E-state index contributed by atoms with van der Waals surface area (Å²) < 4.78 is 4.79. The molecule has 1 aromatic carbocycles. The van der Waals surface area contributed by atoms with Gasteiger partial charge < -0.3 is 14.9 Å². The highest BCUT2D eigenvalue weighted by atomic mass is 35.5. The summed E-state index contributed by atoms with van der Waals surface area (Å²) in [5.41, 5.74) is 0.479. The molecule has 0 saturated heterocycles. The number of aryl methyl sites for hydroxylation is 1. The number of aromatic carboxylic acids is 1. The van der Waals surface area contributed by atoms with Crippen molar-refractivity contribution in [1.29, 1.82) is 0 Å². The van der Waals surface area contributed by atoms with E-state index in [9.17, 15) is 9.59 Å². The Labute approximate surface area is 113 Å². The van der Waals surface area contributed by atoms with E-state index in [1.165, 1.54) is 24.4 Å². The van der Waals surface area contributed by atoms with E-state index in [0.717, 1.165) is 0 Å². The fourth-order valence-corrected chi connectivity index (χ4v) is 1.79. The van der Waals surface area contributed by atoms with E-state index in [-0.39, 0.29) is 22.0 Å². The Morgan fingerprint density at radius 1 is 1.42 bits per heavy atom. The van der Waals surface area contributed by atoms with Gasteiger partial charge in [-0.2, -0.15) is 0 Å². The Morgan fingerprint density at radius 2 is 2.16 bits per heavy atom. The van der Waals surface area contributed by atoms with Crippen molar-refractivity contribution in [3.63, 3.8) is 0 Å². The van der Waals surface area contributed by atoms with Crippen LogP contribution in [0.25, 0.3) is 0 Å². The molecule has 0 aliphatic rings. The molecule has 0 aliphatic carbocycles. The quantitative estimate of drug-likeness (QED) is 0.901. The topological polar surface area (TPSA) is 92.4 Å². The van der Waals surface area contributed by atoms with E-state index in [1.54, 1.807) is 6.92 Å². The first-order chi connectivity index (χ1) is 9.00. The smallest absolute Gasteiger partial charge is 0.339 e. The van der Waals surface area contributed by atoms with Crippen LogP contribution in [0.5, 0.6) is 0 Å². The van der Waals surface area contributed by atoms with Gasteiger partial charge in [0.2, 0.25) is 5.76 Å². The van der Waals surface area contributed by atoms with Crippen molar-refractivity contribution in [3.8, 4) is 0 Å². The summed E-state index contributed by atoms with van der Waals surface area (Å²) in [5, 5.41) is 15.0. The SMILES string of the molecule is Cc1cnoc1C(=O)Nc1cccc(Cl)c1C(=O)O. The zero-order chi connectivity index (χ0) is 14.0. The molecule has 2 aromatic rings. The van der Waals surface area contributed by atoms with Gasteiger partial charge >= 0.3 is 5.97 Å². The number of carbonyl (C=O) groups is 2. The number of benzene rings is 1. The van der Waals surface area contributed by atoms with Gasteiger partial charge in [0.25, 0.3) is 5.91 Å². The standard InChI is InChI=1S/C12H9ClN2O4/c1-6-5-14-19-10(6)11(16)15-8-4-2-3-7(13)9(8)12(17)18/h2-5H,1H3,(H,15,16)(H,17,18). The van der Waals surface area contributed by atoms with Gasteiger partial charge in [0, 0.05) is 5.56 Å². The van der Waals surface area contributed by atoms with Crippen LogP contribution in [0.4, 0.5) is 5.69 Å². The van der Waals surface area contributed by atoms with Crippen LogP contribution in [0, 0.1) is 6.92 Å². The molecule has 0 atom stereocenters. The highest BCUT2D eigenvalue weighted by Crippen LogP contribution is 2.25. The molecule has 0 bridgehead atoms. The molecule has 19 heavy (non-hydrogen) atoms. The number of halogens is 1.